The van der Waals surface area contributed by atoms with E-state index in [4.69, 9.17) is 10.5 Å². The number of ether oxygens (including phenoxy) is 1. The predicted octanol–water partition coefficient (Wildman–Crippen LogP) is 1.38. The van der Waals surface area contributed by atoms with E-state index in [0.29, 0.717) is 17.7 Å². The molecule has 0 aromatic heterocycles. The Hall–Kier alpha value is -4.10. The fourth-order valence-electron chi connectivity index (χ4n) is 6.24. The number of nitrogens with two attached hydrogens (primary N) is 1. The van der Waals surface area contributed by atoms with Gasteiger partial charge < -0.3 is 35.8 Å². The molecule has 1 aromatic rings. The molecule has 0 bridgehead atoms. The van der Waals surface area contributed by atoms with Gasteiger partial charge in [0.2, 0.25) is 5.78 Å². The van der Waals surface area contributed by atoms with E-state index in [1.807, 2.05) is 6.92 Å². The van der Waals surface area contributed by atoms with Crippen LogP contribution in [0.3, 0.4) is 0 Å². The van der Waals surface area contributed by atoms with Gasteiger partial charge in [-0.25, -0.2) is 4.79 Å². The molecular formula is C28H36N4O9. The zero-order valence-corrected chi connectivity index (χ0v) is 23.6. The summed E-state index contributed by atoms with van der Waals surface area (Å²) in [6, 6.07) is 0.356. The van der Waals surface area contributed by atoms with Crippen LogP contribution in [0.4, 0.5) is 16.2 Å². The molecule has 0 aliphatic heterocycles. The van der Waals surface area contributed by atoms with Crippen LogP contribution in [0.5, 0.6) is 5.75 Å². The first-order chi connectivity index (χ1) is 19.2. The zero-order valence-electron chi connectivity index (χ0n) is 23.6. The van der Waals surface area contributed by atoms with Crippen LogP contribution in [0.25, 0.3) is 5.76 Å². The van der Waals surface area contributed by atoms with Gasteiger partial charge in [-0.1, -0.05) is 13.3 Å². The molecule has 0 spiro atoms. The lowest BCUT2D eigenvalue weighted by Crippen LogP contribution is -2.65. The fraction of sp³-hybridized carbons (Fsp3) is 0.500. The van der Waals surface area contributed by atoms with Gasteiger partial charge in [0.1, 0.15) is 17.1 Å². The van der Waals surface area contributed by atoms with Gasteiger partial charge in [-0.2, -0.15) is 0 Å². The Bertz CT molecular complexity index is 1400. The van der Waals surface area contributed by atoms with Gasteiger partial charge in [0.05, 0.1) is 23.9 Å². The average molecular weight is 573 g/mol. The molecule has 4 atom stereocenters. The summed E-state index contributed by atoms with van der Waals surface area (Å²) in [5.74, 6) is -7.44. The molecule has 0 unspecified atom stereocenters. The number of anilines is 2. The third-order valence-electron chi connectivity index (χ3n) is 8.15. The van der Waals surface area contributed by atoms with Crippen molar-refractivity contribution in [2.24, 2.45) is 17.6 Å². The number of ketones is 2. The van der Waals surface area contributed by atoms with Gasteiger partial charge in [0.25, 0.3) is 5.91 Å². The molecule has 7 N–H and O–H groups in total. The quantitative estimate of drug-likeness (QED) is 0.156. The molecule has 4 rings (SSSR count). The summed E-state index contributed by atoms with van der Waals surface area (Å²) in [5, 5.41) is 47.9. The van der Waals surface area contributed by atoms with E-state index in [9.17, 15) is 39.6 Å². The van der Waals surface area contributed by atoms with E-state index in [-0.39, 0.29) is 36.3 Å². The van der Waals surface area contributed by atoms with Gasteiger partial charge in [-0.05, 0) is 50.9 Å². The molecule has 1 aromatic carbocycles. The average Bonchev–Trinajstić information content (AvgIpc) is 2.87. The third-order valence-corrected chi connectivity index (χ3v) is 8.15. The first-order valence-electron chi connectivity index (χ1n) is 13.3. The molecule has 2 amide bonds. The number of phenols is 1. The number of carbonyl (C=O) groups excluding carboxylic acids is 4. The van der Waals surface area contributed by atoms with E-state index in [0.717, 1.165) is 6.42 Å². The summed E-state index contributed by atoms with van der Waals surface area (Å²) in [6.07, 6.45) is 0.730. The maximum atomic E-state index is 14.0. The fourth-order valence-corrected chi connectivity index (χ4v) is 6.24. The summed E-state index contributed by atoms with van der Waals surface area (Å²) >= 11 is 0. The number of rotatable bonds is 7. The highest BCUT2D eigenvalue weighted by molar-refractivity contribution is 6.24. The maximum absolute atomic E-state index is 14.0. The van der Waals surface area contributed by atoms with Crippen LogP contribution in [0, 0.1) is 11.8 Å². The number of amides is 2. The van der Waals surface area contributed by atoms with Crippen molar-refractivity contribution >= 4 is 40.7 Å². The number of primary amides is 1. The third kappa shape index (κ3) is 4.58. The smallest absolute Gasteiger partial charge is 0.411 e. The Labute approximate surface area is 236 Å². The van der Waals surface area contributed by atoms with Crippen LogP contribution in [0.2, 0.25) is 0 Å². The number of phenolic OH excluding ortho intramolecular Hbond substituents is 1. The molecule has 222 valence electrons. The molecule has 13 nitrogen and oxygen atoms in total. The minimum atomic E-state index is -2.73. The molecule has 3 aliphatic rings. The van der Waals surface area contributed by atoms with Crippen LogP contribution in [-0.4, -0.2) is 95.3 Å². The standard InChI is InChI=1S/C28H36N4O9/c1-6-7-8-41-27(39)30-15-11-16(31(2)3)13-9-12-10-14-20(32(4)5)23(35)19(26(29)38)25(37)28(14,40)24(36)17(12)22(34)18(13)21(15)33/h11-12,14,20,33-34,37,40H,6-10H2,1-5H3,(H2,29,38)(H,30,39)/t12-,14-,20-,28-/m1/s1. The number of fused-ring (bicyclic) bond motifs is 3. The normalized spacial score (nSPS) is 25.5. The van der Waals surface area contributed by atoms with Crippen molar-refractivity contribution < 1.29 is 44.3 Å². The lowest BCUT2D eigenvalue weighted by atomic mass is 9.57. The molecule has 1 saturated carbocycles. The molecule has 0 heterocycles. The Balaban J connectivity index is 1.90. The zero-order chi connectivity index (χ0) is 30.5. The molecular weight excluding hydrogens is 536 g/mol. The Morgan fingerprint density at radius 2 is 1.83 bits per heavy atom. The van der Waals surface area contributed by atoms with Crippen molar-refractivity contribution in [3.63, 3.8) is 0 Å². The molecule has 1 fully saturated rings. The Morgan fingerprint density at radius 3 is 2.39 bits per heavy atom. The van der Waals surface area contributed by atoms with Crippen molar-refractivity contribution in [2.45, 2.75) is 44.2 Å². The van der Waals surface area contributed by atoms with Crippen LogP contribution >= 0.6 is 0 Å². The summed E-state index contributed by atoms with van der Waals surface area (Å²) < 4.78 is 5.13. The lowest BCUT2D eigenvalue weighted by Gasteiger charge is -2.50. The topological polar surface area (TPSA) is 203 Å². The Morgan fingerprint density at radius 1 is 1.17 bits per heavy atom. The van der Waals surface area contributed by atoms with Crippen LogP contribution in [0.15, 0.2) is 23.0 Å². The molecule has 0 radical (unpaired) electrons. The number of aromatic hydroxyl groups is 1. The van der Waals surface area contributed by atoms with Crippen molar-refractivity contribution in [2.75, 3.05) is 45.0 Å². The number of nitrogens with zero attached hydrogens (tertiary/aromatic N) is 2. The number of hydrogen-bond acceptors (Lipinski definition) is 11. The highest BCUT2D eigenvalue weighted by atomic mass is 16.5. The van der Waals surface area contributed by atoms with Crippen LogP contribution < -0.4 is 16.0 Å². The number of benzene rings is 1. The highest BCUT2D eigenvalue weighted by Crippen LogP contribution is 2.54. The molecule has 13 heteroatoms. The van der Waals surface area contributed by atoms with E-state index in [1.54, 1.807) is 19.0 Å². The van der Waals surface area contributed by atoms with Crippen molar-refractivity contribution in [3.05, 3.63) is 34.1 Å². The second-order valence-corrected chi connectivity index (χ2v) is 11.1. The minimum Gasteiger partial charge on any atom is -0.508 e. The summed E-state index contributed by atoms with van der Waals surface area (Å²) in [5.41, 5.74) is 2.27. The van der Waals surface area contributed by atoms with Gasteiger partial charge in [0.15, 0.2) is 17.1 Å². The number of nitrogens with one attached hydrogen (secondary N) is 1. The molecule has 3 aliphatic carbocycles. The second-order valence-electron chi connectivity index (χ2n) is 11.1. The molecule has 41 heavy (non-hydrogen) atoms. The summed E-state index contributed by atoms with van der Waals surface area (Å²) in [4.78, 5) is 54.9. The van der Waals surface area contributed by atoms with Crippen molar-refractivity contribution in [1.29, 1.82) is 0 Å². The Kier molecular flexibility index (Phi) is 7.80. The predicted molar refractivity (Wildman–Crippen MR) is 148 cm³/mol. The molecule has 0 saturated heterocycles. The van der Waals surface area contributed by atoms with E-state index >= 15 is 0 Å². The first kappa shape index (κ1) is 29.9. The summed E-state index contributed by atoms with van der Waals surface area (Å²) in [7, 11) is 6.54. The number of Topliss-reactive ketones (excluding diaryl/α,β-unsaturated/α-hetero) is 2. The minimum absolute atomic E-state index is 0.0247. The second kappa shape index (κ2) is 10.7. The van der Waals surface area contributed by atoms with E-state index in [2.05, 4.69) is 5.32 Å². The maximum Gasteiger partial charge on any atom is 0.411 e. The lowest BCUT2D eigenvalue weighted by molar-refractivity contribution is -0.153. The van der Waals surface area contributed by atoms with Gasteiger partial charge in [-0.15, -0.1) is 0 Å². The van der Waals surface area contributed by atoms with Crippen molar-refractivity contribution in [3.8, 4) is 5.75 Å². The monoisotopic (exact) mass is 572 g/mol. The van der Waals surface area contributed by atoms with E-state index in [1.165, 1.54) is 25.1 Å². The first-order valence-corrected chi connectivity index (χ1v) is 13.3. The number of aliphatic hydroxyl groups excluding tert-OH is 2. The van der Waals surface area contributed by atoms with Gasteiger partial charge >= 0.3 is 6.09 Å². The van der Waals surface area contributed by atoms with Gasteiger partial charge in [-0.3, -0.25) is 24.6 Å². The van der Waals surface area contributed by atoms with Gasteiger partial charge in [0, 0.05) is 31.3 Å². The number of hydrogen-bond donors (Lipinski definition) is 6. The summed E-state index contributed by atoms with van der Waals surface area (Å²) in [6.45, 7) is 2.10. The van der Waals surface area contributed by atoms with E-state index < -0.39 is 69.9 Å². The highest BCUT2D eigenvalue weighted by Gasteiger charge is 2.64. The number of unbranched alkanes of at least 4 members (excludes halogenated alkanes) is 1. The van der Waals surface area contributed by atoms with Crippen molar-refractivity contribution in [1.82, 2.24) is 4.90 Å². The number of carbonyl (C=O) groups is 4. The number of likely N-dealkylation sites (N-methyl/N-ethyl adjacent to an activating group) is 1. The van der Waals surface area contributed by atoms with Crippen LogP contribution in [0.1, 0.15) is 37.3 Å². The largest absolute Gasteiger partial charge is 0.508 e. The van der Waals surface area contributed by atoms with Crippen LogP contribution in [-0.2, 0) is 25.5 Å². The number of aliphatic hydroxyl groups is 3. The SMILES string of the molecule is CCCCOC(=O)Nc1cc(N(C)C)c2c(c1O)C(O)=C1C(=O)[C@@]3(O)C(O)=C(C(N)=O)C(=O)[C@H](N(C)C)[C@H]3C[C@H]1C2.